The van der Waals surface area contributed by atoms with Crippen LogP contribution in [0.15, 0.2) is 0 Å². The Balaban J connectivity index is -0.0000000177. The molecule has 0 atom stereocenters. The average molecular weight is 1660 g/mol. The van der Waals surface area contributed by atoms with Crippen molar-refractivity contribution in [3.8, 4) is 0 Å². The van der Waals surface area contributed by atoms with Crippen LogP contribution in [0.25, 0.3) is 0 Å². The summed E-state index contributed by atoms with van der Waals surface area (Å²) >= 11 is 0. The minimum atomic E-state index is -0.654. The van der Waals surface area contributed by atoms with Crippen molar-refractivity contribution in [1.82, 2.24) is 0 Å². The third-order valence-corrected chi connectivity index (χ3v) is 64.7. The van der Waals surface area contributed by atoms with Crippen LogP contribution < -0.4 is 0 Å². The minimum absolute atomic E-state index is 0. The van der Waals surface area contributed by atoms with Gasteiger partial charge in [-0.05, 0) is 0 Å². The molecular weight excluding hydrogens is 1590 g/mol. The first-order valence-corrected chi connectivity index (χ1v) is 44.7. The summed E-state index contributed by atoms with van der Waals surface area (Å²) < 4.78 is 0. The van der Waals surface area contributed by atoms with Gasteiger partial charge in [-0.2, -0.15) is 0 Å². The molecule has 0 N–H and O–H groups in total. The SMILES string of the molecule is CC([Si](C)C)[Si](C)C.C[Si](C)C([Si](C)C)[Si](C)C.C[Si](C)[Si](C)(C)[Si](C)C.C[Si](C)[Si](C)C.C[Si]C.[Y].[Y].[Y].[Y].[Y].[Y].[Y].[Y].[Y].[Y].[Y]. The smallest absolute Gasteiger partial charge is 0.0412 e. The summed E-state index contributed by atoms with van der Waals surface area (Å²) in [4.78, 5) is 1.19. The molecule has 0 unspecified atom stereocenters. The molecule has 0 saturated heterocycles. The first kappa shape index (κ1) is 109. The largest absolute Gasteiger partial charge is 0.0735 e. The van der Waals surface area contributed by atoms with Gasteiger partial charge < -0.3 is 0 Å². The Kier molecular flexibility index (Phi) is 167. The fourth-order valence-corrected chi connectivity index (χ4v) is 34.3. The van der Waals surface area contributed by atoms with Gasteiger partial charge in [-0.15, -0.1) is 0 Å². The zero-order valence-electron chi connectivity index (χ0n) is 36.0. The molecule has 0 bridgehead atoms. The molecule has 0 heterocycles. The van der Waals surface area contributed by atoms with E-state index in [1.54, 1.807) is 0 Å². The molecule has 47 heavy (non-hydrogen) atoms. The van der Waals surface area contributed by atoms with Gasteiger partial charge in [0.2, 0.25) is 0 Å². The molecule has 0 nitrogen and oxygen atoms in total. The van der Waals surface area contributed by atoms with Crippen molar-refractivity contribution in [3.63, 3.8) is 0 Å². The van der Waals surface area contributed by atoms with E-state index in [9.17, 15) is 0 Å². The van der Waals surface area contributed by atoms with Crippen LogP contribution in [0, 0.1) is 0 Å². The predicted octanol–water partition coefficient (Wildman–Crippen LogP) is 9.82. The molecule has 22 heteroatoms. The summed E-state index contributed by atoms with van der Waals surface area (Å²) in [5.74, 6) is 0. The van der Waals surface area contributed by atoms with Crippen LogP contribution in [0.2, 0.25) is 154 Å². The average Bonchev–Trinajstić information content (AvgIpc) is 2.67. The van der Waals surface area contributed by atoms with Gasteiger partial charge in [-0.1, -0.05) is 161 Å². The molecule has 0 amide bonds. The second kappa shape index (κ2) is 72.1. The van der Waals surface area contributed by atoms with E-state index in [0.717, 1.165) is 14.7 Å². The zero-order chi connectivity index (χ0) is 30.6. The van der Waals surface area contributed by atoms with Gasteiger partial charge in [-0.3, -0.25) is 0 Å². The van der Waals surface area contributed by atoms with Crippen molar-refractivity contribution in [2.45, 2.75) is 161 Å². The number of hydrogen-bond acceptors (Lipinski definition) is 0. The summed E-state index contributed by atoms with van der Waals surface area (Å²) in [5.41, 5.74) is 0. The molecule has 22 radical (unpaired) electrons. The van der Waals surface area contributed by atoms with E-state index in [4.69, 9.17) is 0 Å². The molecule has 0 aliphatic carbocycles. The second-order valence-corrected chi connectivity index (χ2v) is 62.5. The first-order chi connectivity index (χ1) is 16.0. The van der Waals surface area contributed by atoms with Crippen LogP contribution >= 0.6 is 0 Å². The van der Waals surface area contributed by atoms with Crippen LogP contribution in [-0.4, -0.2) is 93.9 Å². The zero-order valence-corrected chi connectivity index (χ0v) is 78.2. The van der Waals surface area contributed by atoms with Crippen molar-refractivity contribution in [1.29, 1.82) is 0 Å². The Morgan fingerprint density at radius 3 is 0.511 bits per heavy atom. The number of hydrogen-bond donors (Lipinski definition) is 0. The maximum Gasteiger partial charge on any atom is 0.0412 e. The normalized spacial score (nSPS) is 9.06. The molecule has 0 aromatic rings. The molecule has 0 aliphatic rings. The van der Waals surface area contributed by atoms with Gasteiger partial charge in [-0.25, -0.2) is 0 Å². The summed E-state index contributed by atoms with van der Waals surface area (Å²) in [6.45, 7) is 55.8. The summed E-state index contributed by atoms with van der Waals surface area (Å²) in [6.07, 6.45) is 0. The fourth-order valence-electron chi connectivity index (χ4n) is 2.81. The van der Waals surface area contributed by atoms with Crippen molar-refractivity contribution in [2.24, 2.45) is 0 Å². The molecule has 0 aromatic heterocycles. The van der Waals surface area contributed by atoms with Gasteiger partial charge in [0.05, 0.1) is 0 Å². The van der Waals surface area contributed by atoms with Gasteiger partial charge in [0, 0.05) is 454 Å². The molecule has 248 valence electrons. The maximum atomic E-state index is 2.57. The molecule has 0 rings (SSSR count). The maximum absolute atomic E-state index is 2.57. The fraction of sp³-hybridized carbons (Fsp3) is 1.00. The molecule has 0 saturated carbocycles. The van der Waals surface area contributed by atoms with E-state index in [-0.39, 0.29) is 437 Å². The van der Waals surface area contributed by atoms with Crippen molar-refractivity contribution < 1.29 is 360 Å². The molecule has 0 aromatic carbocycles. The van der Waals surface area contributed by atoms with E-state index >= 15 is 0 Å². The Bertz CT molecular complexity index is 430. The Hall–Kier alpha value is 14.5. The van der Waals surface area contributed by atoms with Crippen molar-refractivity contribution in [2.75, 3.05) is 0 Å². The third kappa shape index (κ3) is 81.2. The van der Waals surface area contributed by atoms with Gasteiger partial charge in [0.25, 0.3) is 0 Å². The third-order valence-electron chi connectivity index (χ3n) is 6.96. The van der Waals surface area contributed by atoms with E-state index < -0.39 is 7.11 Å². The first-order valence-electron chi connectivity index (χ1n) is 13.8. The second-order valence-electron chi connectivity index (χ2n) is 12.7. The Morgan fingerprint density at radius 2 is 0.511 bits per heavy atom. The monoisotopic (exact) mass is 1660 g/mol. The van der Waals surface area contributed by atoms with Crippen molar-refractivity contribution >= 4 is 93.9 Å². The van der Waals surface area contributed by atoms with E-state index in [1.165, 1.54) is 4.79 Å². The van der Waals surface area contributed by atoms with Crippen LogP contribution in [0.5, 0.6) is 0 Å². The standard InChI is InChI=1S/C7H19Si3.C6H18Si3.C6H16Si2.C4H12Si2.C2H6Si.11Y/c1-8(2)7(9(3)4)10(5)6;1-7(2)9(5,6)8(3)4;1-6(7(2)3)8(4)5;1-5(2)6(3)4;1-3-2;;;;;;;;;;;/h7H,1-6H3;1-6H3;6H,1-5H3;1-4H3;1-2H3;;;;;;;;;;;. The summed E-state index contributed by atoms with van der Waals surface area (Å²) in [7, 11) is 0.999. The molecule has 0 aliphatic heterocycles. The van der Waals surface area contributed by atoms with Crippen LogP contribution in [0.3, 0.4) is 0 Å². The van der Waals surface area contributed by atoms with Gasteiger partial charge in [0.15, 0.2) is 0 Å². The van der Waals surface area contributed by atoms with E-state index in [1.807, 2.05) is 0 Å². The van der Waals surface area contributed by atoms with Crippen LogP contribution in [0.4, 0.5) is 0 Å². The van der Waals surface area contributed by atoms with Crippen LogP contribution in [0.1, 0.15) is 6.92 Å². The molecule has 0 fully saturated rings. The predicted molar refractivity (Wildman–Crippen MR) is 205 cm³/mol. The minimum Gasteiger partial charge on any atom is -0.0735 e. The topological polar surface area (TPSA) is 0 Å². The molecular formula is C25H71Si11Y11. The van der Waals surface area contributed by atoms with E-state index in [2.05, 4.69) is 151 Å². The molecule has 0 spiro atoms. The van der Waals surface area contributed by atoms with Crippen LogP contribution in [-0.2, 0) is 360 Å². The number of rotatable bonds is 8. The van der Waals surface area contributed by atoms with E-state index in [0.29, 0.717) is 0 Å². The van der Waals surface area contributed by atoms with Crippen molar-refractivity contribution in [3.05, 3.63) is 0 Å². The Labute approximate surface area is 598 Å². The van der Waals surface area contributed by atoms with Gasteiger partial charge in [0.1, 0.15) is 0 Å². The summed E-state index contributed by atoms with van der Waals surface area (Å²) in [6, 6.07) is 0. The summed E-state index contributed by atoms with van der Waals surface area (Å²) in [5, 5.41) is 1.07. The Morgan fingerprint density at radius 1 is 0.362 bits per heavy atom. The van der Waals surface area contributed by atoms with Gasteiger partial charge >= 0.3 is 0 Å². The quantitative estimate of drug-likeness (QED) is 0.213.